The molecule has 4 N–H and O–H groups in total. The highest BCUT2D eigenvalue weighted by Crippen LogP contribution is 2.09. The van der Waals surface area contributed by atoms with Crippen LogP contribution in [0.15, 0.2) is 0 Å². The van der Waals surface area contributed by atoms with Crippen molar-refractivity contribution in [1.29, 1.82) is 0 Å². The van der Waals surface area contributed by atoms with Gasteiger partial charge in [0.2, 0.25) is 11.8 Å². The Morgan fingerprint density at radius 1 is 1.20 bits per heavy atom. The van der Waals surface area contributed by atoms with Crippen molar-refractivity contribution in [3.63, 3.8) is 0 Å². The molecular formula is C10H21N3O2. The van der Waals surface area contributed by atoms with E-state index in [4.69, 9.17) is 11.5 Å². The Morgan fingerprint density at radius 3 is 1.93 bits per heavy atom. The fraction of sp³-hybridized carbons (Fsp3) is 0.800. The first kappa shape index (κ1) is 13.9. The number of primary amides is 1. The molecule has 0 aromatic heterocycles. The van der Waals surface area contributed by atoms with E-state index in [0.29, 0.717) is 0 Å². The Bertz CT molecular complexity index is 239. The summed E-state index contributed by atoms with van der Waals surface area (Å²) in [5.74, 6) is -0.931. The molecule has 0 spiro atoms. The molecule has 5 nitrogen and oxygen atoms in total. The van der Waals surface area contributed by atoms with E-state index in [2.05, 4.69) is 0 Å². The molecule has 0 aromatic carbocycles. The van der Waals surface area contributed by atoms with Crippen molar-refractivity contribution in [2.45, 2.75) is 39.8 Å². The molecule has 88 valence electrons. The Hall–Kier alpha value is -1.10. The monoisotopic (exact) mass is 215 g/mol. The fourth-order valence-corrected chi connectivity index (χ4v) is 1.17. The first-order valence-electron chi connectivity index (χ1n) is 5.11. The first-order chi connectivity index (χ1) is 6.77. The topological polar surface area (TPSA) is 89.4 Å². The summed E-state index contributed by atoms with van der Waals surface area (Å²) >= 11 is 0. The van der Waals surface area contributed by atoms with Crippen LogP contribution in [0.1, 0.15) is 27.7 Å². The number of carbonyl (C=O) groups is 2. The SMILES string of the molecule is CC(N)C(C)C(=O)N(CC(N)=O)C(C)C. The van der Waals surface area contributed by atoms with Crippen molar-refractivity contribution in [2.75, 3.05) is 6.54 Å². The van der Waals surface area contributed by atoms with Crippen LogP contribution in [0.3, 0.4) is 0 Å². The molecule has 2 unspecified atom stereocenters. The van der Waals surface area contributed by atoms with Crippen LogP contribution >= 0.6 is 0 Å². The molecule has 0 fully saturated rings. The largest absolute Gasteiger partial charge is 0.368 e. The van der Waals surface area contributed by atoms with E-state index in [0.717, 1.165) is 0 Å². The quantitative estimate of drug-likeness (QED) is 0.659. The second kappa shape index (κ2) is 5.70. The Labute approximate surface area is 90.8 Å². The van der Waals surface area contributed by atoms with Gasteiger partial charge in [-0.05, 0) is 20.8 Å². The van der Waals surface area contributed by atoms with Crippen LogP contribution < -0.4 is 11.5 Å². The van der Waals surface area contributed by atoms with Crippen LogP contribution in [-0.4, -0.2) is 35.3 Å². The summed E-state index contributed by atoms with van der Waals surface area (Å²) in [6.45, 7) is 7.16. The van der Waals surface area contributed by atoms with Crippen molar-refractivity contribution in [3.05, 3.63) is 0 Å². The third kappa shape index (κ3) is 4.29. The summed E-state index contributed by atoms with van der Waals surface area (Å²) in [5, 5.41) is 0. The molecule has 0 bridgehead atoms. The van der Waals surface area contributed by atoms with E-state index in [9.17, 15) is 9.59 Å². The number of nitrogens with two attached hydrogens (primary N) is 2. The van der Waals surface area contributed by atoms with Gasteiger partial charge in [-0.2, -0.15) is 0 Å². The van der Waals surface area contributed by atoms with Crippen molar-refractivity contribution in [2.24, 2.45) is 17.4 Å². The number of nitrogens with zero attached hydrogens (tertiary/aromatic N) is 1. The molecule has 0 saturated carbocycles. The first-order valence-corrected chi connectivity index (χ1v) is 5.11. The second-order valence-electron chi connectivity index (χ2n) is 4.17. The molecule has 0 aliphatic carbocycles. The number of amides is 2. The van der Waals surface area contributed by atoms with E-state index < -0.39 is 5.91 Å². The third-order valence-electron chi connectivity index (χ3n) is 2.41. The van der Waals surface area contributed by atoms with E-state index in [1.165, 1.54) is 4.90 Å². The number of hydrogen-bond acceptors (Lipinski definition) is 3. The van der Waals surface area contributed by atoms with E-state index in [-0.39, 0.29) is 30.5 Å². The molecule has 0 rings (SSSR count). The van der Waals surface area contributed by atoms with Gasteiger partial charge in [0.15, 0.2) is 0 Å². The van der Waals surface area contributed by atoms with Gasteiger partial charge >= 0.3 is 0 Å². The normalized spacial score (nSPS) is 14.8. The zero-order valence-electron chi connectivity index (χ0n) is 9.86. The van der Waals surface area contributed by atoms with E-state index >= 15 is 0 Å². The predicted octanol–water partition coefficient (Wildman–Crippen LogP) is -0.308. The summed E-state index contributed by atoms with van der Waals surface area (Å²) in [6, 6.07) is -0.280. The molecule has 0 aromatic rings. The number of rotatable bonds is 5. The molecule has 15 heavy (non-hydrogen) atoms. The molecule has 0 saturated heterocycles. The predicted molar refractivity (Wildman–Crippen MR) is 58.9 cm³/mol. The summed E-state index contributed by atoms with van der Waals surface area (Å²) in [7, 11) is 0. The van der Waals surface area contributed by atoms with Gasteiger partial charge in [-0.15, -0.1) is 0 Å². The van der Waals surface area contributed by atoms with Crippen LogP contribution in [0.5, 0.6) is 0 Å². The van der Waals surface area contributed by atoms with Crippen molar-refractivity contribution in [3.8, 4) is 0 Å². The average molecular weight is 215 g/mol. The van der Waals surface area contributed by atoms with Gasteiger partial charge in [0.25, 0.3) is 0 Å². The lowest BCUT2D eigenvalue weighted by Gasteiger charge is -2.29. The third-order valence-corrected chi connectivity index (χ3v) is 2.41. The minimum Gasteiger partial charge on any atom is -0.368 e. The molecule has 0 radical (unpaired) electrons. The van der Waals surface area contributed by atoms with Crippen LogP contribution in [0, 0.1) is 5.92 Å². The van der Waals surface area contributed by atoms with Gasteiger partial charge in [0.1, 0.15) is 0 Å². The van der Waals surface area contributed by atoms with Gasteiger partial charge < -0.3 is 16.4 Å². The zero-order chi connectivity index (χ0) is 12.2. The lowest BCUT2D eigenvalue weighted by Crippen LogP contribution is -2.48. The van der Waals surface area contributed by atoms with Gasteiger partial charge in [0, 0.05) is 12.1 Å². The molecule has 0 aliphatic heterocycles. The molecule has 5 heteroatoms. The van der Waals surface area contributed by atoms with Crippen molar-refractivity contribution in [1.82, 2.24) is 4.90 Å². The Balaban J connectivity index is 4.62. The average Bonchev–Trinajstić information content (AvgIpc) is 2.10. The molecule has 0 heterocycles. The zero-order valence-corrected chi connectivity index (χ0v) is 9.86. The Kier molecular flexibility index (Phi) is 5.28. The fourth-order valence-electron chi connectivity index (χ4n) is 1.17. The highest BCUT2D eigenvalue weighted by atomic mass is 16.2. The minimum absolute atomic E-state index is 0.0481. The lowest BCUT2D eigenvalue weighted by atomic mass is 10.0. The summed E-state index contributed by atoms with van der Waals surface area (Å²) in [5.41, 5.74) is 10.7. The van der Waals surface area contributed by atoms with Gasteiger partial charge in [-0.1, -0.05) is 6.92 Å². The Morgan fingerprint density at radius 2 is 1.67 bits per heavy atom. The van der Waals surface area contributed by atoms with Gasteiger partial charge in [0.05, 0.1) is 12.5 Å². The molecular weight excluding hydrogens is 194 g/mol. The highest BCUT2D eigenvalue weighted by molar-refractivity contribution is 5.85. The molecule has 0 aliphatic rings. The van der Waals surface area contributed by atoms with Crippen LogP contribution in [0.2, 0.25) is 0 Å². The van der Waals surface area contributed by atoms with Crippen molar-refractivity contribution >= 4 is 11.8 Å². The van der Waals surface area contributed by atoms with Crippen LogP contribution in [0.25, 0.3) is 0 Å². The maximum Gasteiger partial charge on any atom is 0.237 e. The van der Waals surface area contributed by atoms with Crippen LogP contribution in [0.4, 0.5) is 0 Å². The van der Waals surface area contributed by atoms with Gasteiger partial charge in [-0.25, -0.2) is 0 Å². The molecule has 2 amide bonds. The maximum atomic E-state index is 11.9. The highest BCUT2D eigenvalue weighted by Gasteiger charge is 2.26. The maximum absolute atomic E-state index is 11.9. The van der Waals surface area contributed by atoms with E-state index in [1.807, 2.05) is 13.8 Å². The van der Waals surface area contributed by atoms with E-state index in [1.54, 1.807) is 13.8 Å². The lowest BCUT2D eigenvalue weighted by molar-refractivity contribution is -0.140. The summed E-state index contributed by atoms with van der Waals surface area (Å²) in [6.07, 6.45) is 0. The van der Waals surface area contributed by atoms with Gasteiger partial charge in [-0.3, -0.25) is 9.59 Å². The van der Waals surface area contributed by atoms with Crippen molar-refractivity contribution < 1.29 is 9.59 Å². The number of carbonyl (C=O) groups excluding carboxylic acids is 2. The summed E-state index contributed by atoms with van der Waals surface area (Å²) < 4.78 is 0. The number of hydrogen-bond donors (Lipinski definition) is 2. The van der Waals surface area contributed by atoms with Crippen LogP contribution in [-0.2, 0) is 9.59 Å². The molecule has 2 atom stereocenters. The standard InChI is InChI=1S/C10H21N3O2/c1-6(2)13(5-9(12)14)10(15)7(3)8(4)11/h6-8H,5,11H2,1-4H3,(H2,12,14). The second-order valence-corrected chi connectivity index (χ2v) is 4.17. The smallest absolute Gasteiger partial charge is 0.237 e. The minimum atomic E-state index is -0.506. The summed E-state index contributed by atoms with van der Waals surface area (Å²) in [4.78, 5) is 24.2.